The third-order valence-electron chi connectivity index (χ3n) is 4.09. The van der Waals surface area contributed by atoms with Crippen LogP contribution >= 0.6 is 28.1 Å². The molecule has 0 aliphatic heterocycles. The highest BCUT2D eigenvalue weighted by Crippen LogP contribution is 2.37. The van der Waals surface area contributed by atoms with Crippen molar-refractivity contribution in [2.75, 3.05) is 0 Å². The molecule has 0 saturated heterocycles. The van der Waals surface area contributed by atoms with Gasteiger partial charge in [-0.1, -0.05) is 31.1 Å². The number of rotatable bonds is 2. The van der Waals surface area contributed by atoms with E-state index in [2.05, 4.69) is 43.9 Å². The minimum absolute atomic E-state index is 0.550. The lowest BCUT2D eigenvalue weighted by atomic mass is 10.0. The van der Waals surface area contributed by atoms with Crippen molar-refractivity contribution < 1.29 is 0 Å². The van der Waals surface area contributed by atoms with E-state index in [1.54, 1.807) is 0 Å². The maximum atomic E-state index is 5.43. The molecule has 1 N–H and O–H groups in total. The fraction of sp³-hybridized carbons (Fsp3) is 0.438. The Morgan fingerprint density at radius 3 is 2.67 bits per heavy atom. The van der Waals surface area contributed by atoms with Crippen molar-refractivity contribution in [1.82, 2.24) is 15.0 Å². The van der Waals surface area contributed by atoms with E-state index in [1.165, 1.54) is 31.4 Å². The predicted molar refractivity (Wildman–Crippen MR) is 91.0 cm³/mol. The van der Waals surface area contributed by atoms with Crippen LogP contribution < -0.4 is 0 Å². The molecule has 1 fully saturated rings. The number of nitrogens with zero attached hydrogens (tertiary/aromatic N) is 2. The van der Waals surface area contributed by atoms with Gasteiger partial charge in [-0.25, -0.2) is 4.98 Å². The standard InChI is InChI=1S/C16H18BrN3S/c1-9-7-10(2)13(18-8-9)15-19-14(11-5-3-4-6-11)12(17)16(21)20-15/h7-8,11H,3-6H2,1-2H3,(H,19,20,21). The summed E-state index contributed by atoms with van der Waals surface area (Å²) in [5, 5.41) is 0. The molecule has 1 saturated carbocycles. The Morgan fingerprint density at radius 2 is 2.00 bits per heavy atom. The molecule has 0 radical (unpaired) electrons. The zero-order valence-electron chi connectivity index (χ0n) is 12.2. The van der Waals surface area contributed by atoms with E-state index in [1.807, 2.05) is 13.1 Å². The molecule has 1 aliphatic carbocycles. The summed E-state index contributed by atoms with van der Waals surface area (Å²) in [4.78, 5) is 12.5. The number of hydrogen-bond acceptors (Lipinski definition) is 3. The quantitative estimate of drug-likeness (QED) is 0.741. The van der Waals surface area contributed by atoms with Gasteiger partial charge in [-0.05, 0) is 53.7 Å². The molecule has 110 valence electrons. The Kier molecular flexibility index (Phi) is 4.22. The van der Waals surface area contributed by atoms with Crippen LogP contribution in [-0.2, 0) is 0 Å². The van der Waals surface area contributed by atoms with Gasteiger partial charge in [0.25, 0.3) is 0 Å². The normalized spacial score (nSPS) is 15.6. The second kappa shape index (κ2) is 5.97. The molecule has 3 nitrogen and oxygen atoms in total. The van der Waals surface area contributed by atoms with Crippen LogP contribution in [0.4, 0.5) is 0 Å². The number of aromatic amines is 1. The monoisotopic (exact) mass is 363 g/mol. The molecule has 0 bridgehead atoms. The van der Waals surface area contributed by atoms with Gasteiger partial charge >= 0.3 is 0 Å². The molecule has 3 rings (SSSR count). The maximum Gasteiger partial charge on any atom is 0.158 e. The van der Waals surface area contributed by atoms with E-state index in [0.717, 1.165) is 27.1 Å². The number of hydrogen-bond donors (Lipinski definition) is 1. The van der Waals surface area contributed by atoms with Crippen LogP contribution in [0.15, 0.2) is 16.7 Å². The Labute approximate surface area is 138 Å². The summed E-state index contributed by atoms with van der Waals surface area (Å²) in [6.07, 6.45) is 6.88. The van der Waals surface area contributed by atoms with Crippen LogP contribution in [0.5, 0.6) is 0 Å². The molecule has 21 heavy (non-hydrogen) atoms. The first-order valence-electron chi connectivity index (χ1n) is 7.29. The molecule has 0 atom stereocenters. The Balaban J connectivity index is 2.13. The van der Waals surface area contributed by atoms with Crippen molar-refractivity contribution in [3.05, 3.63) is 38.2 Å². The summed E-state index contributed by atoms with van der Waals surface area (Å²) in [6, 6.07) is 2.12. The predicted octanol–water partition coefficient (Wildman–Crippen LogP) is 5.24. The highest BCUT2D eigenvalue weighted by atomic mass is 79.9. The average Bonchev–Trinajstić information content (AvgIpc) is 2.96. The van der Waals surface area contributed by atoms with E-state index in [-0.39, 0.29) is 0 Å². The molecule has 0 unspecified atom stereocenters. The topological polar surface area (TPSA) is 41.6 Å². The van der Waals surface area contributed by atoms with Crippen molar-refractivity contribution >= 4 is 28.1 Å². The third kappa shape index (κ3) is 2.94. The van der Waals surface area contributed by atoms with E-state index < -0.39 is 0 Å². The lowest BCUT2D eigenvalue weighted by Gasteiger charge is -2.14. The van der Waals surface area contributed by atoms with Crippen LogP contribution in [0.25, 0.3) is 11.5 Å². The summed E-state index contributed by atoms with van der Waals surface area (Å²) in [5.41, 5.74) is 4.35. The van der Waals surface area contributed by atoms with Crippen molar-refractivity contribution in [3.63, 3.8) is 0 Å². The number of nitrogens with one attached hydrogen (secondary N) is 1. The van der Waals surface area contributed by atoms with Crippen LogP contribution in [0.2, 0.25) is 0 Å². The first-order chi connectivity index (χ1) is 10.1. The maximum absolute atomic E-state index is 5.43. The highest BCUT2D eigenvalue weighted by molar-refractivity contribution is 9.10. The molecule has 2 aromatic rings. The van der Waals surface area contributed by atoms with Crippen LogP contribution in [0.3, 0.4) is 0 Å². The van der Waals surface area contributed by atoms with Gasteiger partial charge in [-0.2, -0.15) is 0 Å². The molecular weight excluding hydrogens is 346 g/mol. The minimum Gasteiger partial charge on any atom is -0.341 e. The molecule has 5 heteroatoms. The first-order valence-corrected chi connectivity index (χ1v) is 8.49. The van der Waals surface area contributed by atoms with Gasteiger partial charge in [0.15, 0.2) is 5.82 Å². The number of halogens is 1. The molecule has 0 aromatic carbocycles. The van der Waals surface area contributed by atoms with Crippen molar-refractivity contribution in [1.29, 1.82) is 0 Å². The summed E-state index contributed by atoms with van der Waals surface area (Å²) in [7, 11) is 0. The molecule has 1 aliphatic rings. The van der Waals surface area contributed by atoms with E-state index in [9.17, 15) is 0 Å². The van der Waals surface area contributed by atoms with Crippen LogP contribution in [0, 0.1) is 18.5 Å². The molecular formula is C16H18BrN3S. The zero-order valence-corrected chi connectivity index (χ0v) is 14.6. The number of aromatic nitrogens is 3. The van der Waals surface area contributed by atoms with E-state index in [0.29, 0.717) is 10.6 Å². The van der Waals surface area contributed by atoms with Crippen molar-refractivity contribution in [3.8, 4) is 11.5 Å². The molecule has 2 aromatic heterocycles. The average molecular weight is 364 g/mol. The molecule has 0 spiro atoms. The lowest BCUT2D eigenvalue weighted by molar-refractivity contribution is 0.689. The Hall–Kier alpha value is -1.07. The van der Waals surface area contributed by atoms with Gasteiger partial charge in [-0.15, -0.1) is 0 Å². The smallest absolute Gasteiger partial charge is 0.158 e. The number of H-pyrrole nitrogens is 1. The van der Waals surface area contributed by atoms with E-state index in [4.69, 9.17) is 12.2 Å². The SMILES string of the molecule is Cc1cnc(-c2nc(=S)c(Br)c(C3CCCC3)[nH]2)c(C)c1. The Morgan fingerprint density at radius 1 is 1.29 bits per heavy atom. The van der Waals surface area contributed by atoms with Gasteiger partial charge in [0, 0.05) is 17.8 Å². The molecule has 0 amide bonds. The lowest BCUT2D eigenvalue weighted by Crippen LogP contribution is -2.04. The number of pyridine rings is 1. The minimum atomic E-state index is 0.550. The van der Waals surface area contributed by atoms with Gasteiger partial charge < -0.3 is 4.98 Å². The van der Waals surface area contributed by atoms with Crippen molar-refractivity contribution in [2.24, 2.45) is 0 Å². The van der Waals surface area contributed by atoms with Crippen LogP contribution in [0.1, 0.15) is 48.4 Å². The third-order valence-corrected chi connectivity index (χ3v) is 5.45. The summed E-state index contributed by atoms with van der Waals surface area (Å²) in [5.74, 6) is 1.33. The van der Waals surface area contributed by atoms with Gasteiger partial charge in [-0.3, -0.25) is 4.98 Å². The summed E-state index contributed by atoms with van der Waals surface area (Å²) >= 11 is 9.04. The molecule has 2 heterocycles. The Bertz CT molecular complexity index is 733. The van der Waals surface area contributed by atoms with Gasteiger partial charge in [0.2, 0.25) is 0 Å². The second-order valence-electron chi connectivity index (χ2n) is 5.78. The van der Waals surface area contributed by atoms with Gasteiger partial charge in [0.05, 0.1) is 4.47 Å². The van der Waals surface area contributed by atoms with E-state index >= 15 is 0 Å². The number of aryl methyl sites for hydroxylation is 2. The van der Waals surface area contributed by atoms with Gasteiger partial charge in [0.1, 0.15) is 10.3 Å². The van der Waals surface area contributed by atoms with Crippen LogP contribution in [-0.4, -0.2) is 15.0 Å². The van der Waals surface area contributed by atoms with Crippen molar-refractivity contribution in [2.45, 2.75) is 45.4 Å². The fourth-order valence-electron chi connectivity index (χ4n) is 3.05. The zero-order chi connectivity index (χ0) is 15.0. The summed E-state index contributed by atoms with van der Waals surface area (Å²) in [6.45, 7) is 4.11. The first kappa shape index (κ1) is 14.9. The largest absolute Gasteiger partial charge is 0.341 e. The fourth-order valence-corrected chi connectivity index (χ4v) is 3.76. The summed E-state index contributed by atoms with van der Waals surface area (Å²) < 4.78 is 1.56. The second-order valence-corrected chi connectivity index (χ2v) is 6.96. The highest BCUT2D eigenvalue weighted by Gasteiger charge is 2.22.